The molecular weight excluding hydrogens is 425 g/mol. The van der Waals surface area contributed by atoms with Gasteiger partial charge in [-0.1, -0.05) is 0 Å². The number of benzene rings is 1. The second-order valence-electron chi connectivity index (χ2n) is 3.75. The maximum atomic E-state index is 12.4. The van der Waals surface area contributed by atoms with Crippen molar-refractivity contribution >= 4 is 50.4 Å². The molecule has 0 aliphatic heterocycles. The Bertz CT molecular complexity index is 479. The molecule has 4 nitrogen and oxygen atoms in total. The first-order valence-corrected chi connectivity index (χ1v) is 7.76. The minimum Gasteiger partial charge on any atom is -0.465 e. The van der Waals surface area contributed by atoms with E-state index in [4.69, 9.17) is 4.74 Å². The summed E-state index contributed by atoms with van der Waals surface area (Å²) in [4.78, 5) is 25.3. The number of nitrogens with zero attached hydrogens (tertiary/aromatic N) is 1. The molecule has 0 saturated heterocycles. The fourth-order valence-corrected chi connectivity index (χ4v) is 2.43. The van der Waals surface area contributed by atoms with E-state index in [1.54, 1.807) is 13.0 Å². The Labute approximate surface area is 134 Å². The van der Waals surface area contributed by atoms with E-state index < -0.39 is 0 Å². The number of likely N-dealkylation sites (N-methyl/N-ethyl adjacent to an activating group) is 1. The average molecular weight is 440 g/mol. The highest BCUT2D eigenvalue weighted by molar-refractivity contribution is 14.1. The molecule has 1 rings (SSSR count). The van der Waals surface area contributed by atoms with E-state index in [1.807, 2.05) is 19.1 Å². The van der Waals surface area contributed by atoms with E-state index >= 15 is 0 Å². The molecule has 0 radical (unpaired) electrons. The standard InChI is InChI=1S/C13H15BrINO3/c1-3-16(8-12(17)19-4-2)13(18)10-7-9(15)5-6-11(10)14/h5-7H,3-4,8H2,1-2H3. The van der Waals surface area contributed by atoms with Crippen LogP contribution < -0.4 is 0 Å². The first kappa shape index (κ1) is 16.4. The van der Waals surface area contributed by atoms with Crippen molar-refractivity contribution in [3.63, 3.8) is 0 Å². The Morgan fingerprint density at radius 3 is 2.63 bits per heavy atom. The summed E-state index contributed by atoms with van der Waals surface area (Å²) in [6.45, 7) is 4.32. The summed E-state index contributed by atoms with van der Waals surface area (Å²) in [5, 5.41) is 0. The summed E-state index contributed by atoms with van der Waals surface area (Å²) < 4.78 is 6.56. The molecule has 1 amide bonds. The monoisotopic (exact) mass is 439 g/mol. The van der Waals surface area contributed by atoms with Gasteiger partial charge in [0.15, 0.2) is 0 Å². The highest BCUT2D eigenvalue weighted by Gasteiger charge is 2.20. The molecule has 0 N–H and O–H groups in total. The second-order valence-corrected chi connectivity index (χ2v) is 5.85. The molecule has 0 unspecified atom stereocenters. The summed E-state index contributed by atoms with van der Waals surface area (Å²) in [7, 11) is 0. The van der Waals surface area contributed by atoms with Crippen molar-refractivity contribution in [1.82, 2.24) is 4.90 Å². The van der Waals surface area contributed by atoms with Crippen molar-refractivity contribution in [3.05, 3.63) is 31.8 Å². The lowest BCUT2D eigenvalue weighted by atomic mass is 10.2. The van der Waals surface area contributed by atoms with Crippen molar-refractivity contribution in [1.29, 1.82) is 0 Å². The number of carbonyl (C=O) groups excluding carboxylic acids is 2. The average Bonchev–Trinajstić information content (AvgIpc) is 2.38. The topological polar surface area (TPSA) is 46.6 Å². The first-order valence-electron chi connectivity index (χ1n) is 5.89. The van der Waals surface area contributed by atoms with Crippen molar-refractivity contribution in [2.75, 3.05) is 19.7 Å². The van der Waals surface area contributed by atoms with Crippen LogP contribution in [0.2, 0.25) is 0 Å². The number of hydrogen-bond acceptors (Lipinski definition) is 3. The number of ether oxygens (including phenoxy) is 1. The molecule has 0 aliphatic rings. The Morgan fingerprint density at radius 1 is 1.37 bits per heavy atom. The van der Waals surface area contributed by atoms with E-state index in [2.05, 4.69) is 38.5 Å². The van der Waals surface area contributed by atoms with Gasteiger partial charge in [-0.25, -0.2) is 0 Å². The zero-order chi connectivity index (χ0) is 14.4. The van der Waals surface area contributed by atoms with Crippen LogP contribution in [0.3, 0.4) is 0 Å². The van der Waals surface area contributed by atoms with E-state index in [1.165, 1.54) is 4.90 Å². The van der Waals surface area contributed by atoms with Crippen LogP contribution in [0.1, 0.15) is 24.2 Å². The van der Waals surface area contributed by atoms with E-state index in [9.17, 15) is 9.59 Å². The fraction of sp³-hybridized carbons (Fsp3) is 0.385. The normalized spacial score (nSPS) is 10.1. The maximum Gasteiger partial charge on any atom is 0.325 e. The van der Waals surface area contributed by atoms with Gasteiger partial charge >= 0.3 is 5.97 Å². The van der Waals surface area contributed by atoms with Crippen LogP contribution >= 0.6 is 38.5 Å². The molecule has 1 aromatic carbocycles. The van der Waals surface area contributed by atoms with Crippen molar-refractivity contribution in [2.24, 2.45) is 0 Å². The van der Waals surface area contributed by atoms with Crippen LogP contribution in [0.5, 0.6) is 0 Å². The third kappa shape index (κ3) is 4.76. The third-order valence-corrected chi connectivity index (χ3v) is 3.82. The smallest absolute Gasteiger partial charge is 0.325 e. The maximum absolute atomic E-state index is 12.4. The molecule has 19 heavy (non-hydrogen) atoms. The van der Waals surface area contributed by atoms with Gasteiger partial charge in [0, 0.05) is 14.6 Å². The summed E-state index contributed by atoms with van der Waals surface area (Å²) in [5.41, 5.74) is 0.554. The molecular formula is C13H15BrINO3. The molecule has 104 valence electrons. The summed E-state index contributed by atoms with van der Waals surface area (Å²) in [5.74, 6) is -0.569. The third-order valence-electron chi connectivity index (χ3n) is 2.45. The van der Waals surface area contributed by atoms with Crippen molar-refractivity contribution in [2.45, 2.75) is 13.8 Å². The molecule has 0 heterocycles. The van der Waals surface area contributed by atoms with Crippen LogP contribution in [0.4, 0.5) is 0 Å². The first-order chi connectivity index (χ1) is 8.99. The van der Waals surface area contributed by atoms with Gasteiger partial charge in [-0.05, 0) is 70.6 Å². The SMILES string of the molecule is CCOC(=O)CN(CC)C(=O)c1cc(I)ccc1Br. The zero-order valence-electron chi connectivity index (χ0n) is 10.8. The van der Waals surface area contributed by atoms with Crippen LogP contribution in [-0.2, 0) is 9.53 Å². The largest absolute Gasteiger partial charge is 0.465 e. The fourth-order valence-electron chi connectivity index (χ4n) is 1.52. The number of rotatable bonds is 5. The van der Waals surface area contributed by atoms with Crippen LogP contribution in [0, 0.1) is 3.57 Å². The molecule has 1 aromatic rings. The molecule has 0 saturated carbocycles. The van der Waals surface area contributed by atoms with Crippen LogP contribution in [-0.4, -0.2) is 36.5 Å². The molecule has 0 aromatic heterocycles. The van der Waals surface area contributed by atoms with E-state index in [-0.39, 0.29) is 18.4 Å². The lowest BCUT2D eigenvalue weighted by Crippen LogP contribution is -2.36. The molecule has 6 heteroatoms. The molecule has 0 bridgehead atoms. The Morgan fingerprint density at radius 2 is 2.05 bits per heavy atom. The highest BCUT2D eigenvalue weighted by Crippen LogP contribution is 2.21. The predicted molar refractivity (Wildman–Crippen MR) is 85.1 cm³/mol. The van der Waals surface area contributed by atoms with Crippen molar-refractivity contribution < 1.29 is 14.3 Å². The Balaban J connectivity index is 2.89. The summed E-state index contributed by atoms with van der Waals surface area (Å²) in [6, 6.07) is 5.52. The van der Waals surface area contributed by atoms with Gasteiger partial charge in [0.25, 0.3) is 5.91 Å². The van der Waals surface area contributed by atoms with Gasteiger partial charge < -0.3 is 9.64 Å². The molecule has 0 fully saturated rings. The predicted octanol–water partition coefficient (Wildman–Crippen LogP) is 3.08. The van der Waals surface area contributed by atoms with Crippen LogP contribution in [0.15, 0.2) is 22.7 Å². The number of carbonyl (C=O) groups is 2. The van der Waals surface area contributed by atoms with E-state index in [0.717, 1.165) is 8.04 Å². The minimum absolute atomic E-state index is 0.0267. The molecule has 0 atom stereocenters. The number of amides is 1. The lowest BCUT2D eigenvalue weighted by molar-refractivity contribution is -0.143. The zero-order valence-corrected chi connectivity index (χ0v) is 14.5. The molecule has 0 aliphatic carbocycles. The summed E-state index contributed by atoms with van der Waals surface area (Å²) >= 11 is 5.51. The van der Waals surface area contributed by atoms with Gasteiger partial charge in [-0.3, -0.25) is 9.59 Å². The Hall–Kier alpha value is -0.630. The number of halogens is 2. The van der Waals surface area contributed by atoms with Crippen LogP contribution in [0.25, 0.3) is 0 Å². The minimum atomic E-state index is -0.389. The highest BCUT2D eigenvalue weighted by atomic mass is 127. The quantitative estimate of drug-likeness (QED) is 0.523. The van der Waals surface area contributed by atoms with Gasteiger partial charge in [0.2, 0.25) is 0 Å². The Kier molecular flexibility index (Phi) is 6.78. The summed E-state index contributed by atoms with van der Waals surface area (Å²) in [6.07, 6.45) is 0. The van der Waals surface area contributed by atoms with Gasteiger partial charge in [0.05, 0.1) is 12.2 Å². The van der Waals surface area contributed by atoms with Crippen molar-refractivity contribution in [3.8, 4) is 0 Å². The van der Waals surface area contributed by atoms with E-state index in [0.29, 0.717) is 18.7 Å². The number of hydrogen-bond donors (Lipinski definition) is 0. The second kappa shape index (κ2) is 7.84. The van der Waals surface area contributed by atoms with Gasteiger partial charge in [-0.2, -0.15) is 0 Å². The van der Waals surface area contributed by atoms with Gasteiger partial charge in [-0.15, -0.1) is 0 Å². The molecule has 0 spiro atoms. The van der Waals surface area contributed by atoms with Gasteiger partial charge in [0.1, 0.15) is 6.54 Å². The number of esters is 1. The lowest BCUT2D eigenvalue weighted by Gasteiger charge is -2.20.